The third kappa shape index (κ3) is 4.90. The van der Waals surface area contributed by atoms with Gasteiger partial charge in [-0.15, -0.1) is 0 Å². The monoisotopic (exact) mass is 364 g/mol. The van der Waals surface area contributed by atoms with Gasteiger partial charge in [-0.2, -0.15) is 13.2 Å². The Bertz CT molecular complexity index is 677. The predicted octanol–water partition coefficient (Wildman–Crippen LogP) is 4.14. The average molecular weight is 365 g/mol. The molecule has 1 N–H and O–H groups in total. The van der Waals surface area contributed by atoms with Crippen LogP contribution in [0.3, 0.4) is 0 Å². The molecule has 0 spiro atoms. The molecular weight excluding hydrogens is 353 g/mol. The van der Waals surface area contributed by atoms with Crippen LogP contribution in [-0.2, 0) is 17.5 Å². The van der Waals surface area contributed by atoms with Gasteiger partial charge in [-0.3, -0.25) is 4.79 Å². The lowest BCUT2D eigenvalue weighted by atomic mass is 10.3. The Balaban J connectivity index is 1.96. The van der Waals surface area contributed by atoms with Crippen LogP contribution in [0.2, 0.25) is 5.02 Å². The van der Waals surface area contributed by atoms with Gasteiger partial charge < -0.3 is 9.73 Å². The molecule has 0 radical (unpaired) electrons. The Kier molecular flexibility index (Phi) is 5.59. The lowest BCUT2D eigenvalue weighted by Crippen LogP contribution is -2.30. The summed E-state index contributed by atoms with van der Waals surface area (Å²) in [5.41, 5.74) is -0.929. The average Bonchev–Trinajstić information content (AvgIpc) is 2.99. The van der Waals surface area contributed by atoms with Crippen molar-refractivity contribution >= 4 is 29.3 Å². The van der Waals surface area contributed by atoms with Gasteiger partial charge in [0.15, 0.2) is 0 Å². The van der Waals surface area contributed by atoms with Gasteiger partial charge in [0.05, 0.1) is 28.6 Å². The summed E-state index contributed by atoms with van der Waals surface area (Å²) in [5.74, 6) is 0.297. The number of thioether (sulfide) groups is 1. The Morgan fingerprint density at radius 1 is 1.52 bits per heavy atom. The van der Waals surface area contributed by atoms with E-state index < -0.39 is 17.0 Å². The number of furan rings is 1. The van der Waals surface area contributed by atoms with Gasteiger partial charge in [-0.1, -0.05) is 23.4 Å². The second kappa shape index (κ2) is 7.27. The number of alkyl halides is 3. The smallest absolute Gasteiger partial charge is 0.417 e. The van der Waals surface area contributed by atoms with Gasteiger partial charge in [-0.25, -0.2) is 4.98 Å². The number of hydrogen-bond acceptors (Lipinski definition) is 4. The normalized spacial score (nSPS) is 12.9. The molecule has 0 aliphatic carbocycles. The molecule has 1 amide bonds. The summed E-state index contributed by atoms with van der Waals surface area (Å²) in [4.78, 5) is 15.6. The SMILES string of the molecule is CC(Sc1ncc(C(F)(F)F)cc1Cl)C(=O)NCc1ccco1. The van der Waals surface area contributed by atoms with Crippen LogP contribution in [0, 0.1) is 0 Å². The van der Waals surface area contributed by atoms with Gasteiger partial charge in [0, 0.05) is 6.20 Å². The number of halogens is 4. The molecule has 0 fully saturated rings. The molecule has 0 saturated carbocycles. The number of hydrogen-bond donors (Lipinski definition) is 1. The van der Waals surface area contributed by atoms with Crippen molar-refractivity contribution in [1.82, 2.24) is 10.3 Å². The molecule has 1 unspecified atom stereocenters. The maximum absolute atomic E-state index is 12.5. The van der Waals surface area contributed by atoms with Crippen molar-refractivity contribution in [3.05, 3.63) is 47.0 Å². The van der Waals surface area contributed by atoms with Gasteiger partial charge >= 0.3 is 6.18 Å². The van der Waals surface area contributed by atoms with Crippen LogP contribution in [-0.4, -0.2) is 16.1 Å². The fraction of sp³-hybridized carbons (Fsp3) is 0.286. The van der Waals surface area contributed by atoms with E-state index in [0.717, 1.165) is 17.8 Å². The molecule has 0 aromatic carbocycles. The highest BCUT2D eigenvalue weighted by Gasteiger charge is 2.32. The molecule has 4 nitrogen and oxygen atoms in total. The first-order valence-electron chi connectivity index (χ1n) is 6.47. The van der Waals surface area contributed by atoms with Gasteiger partial charge in [-0.05, 0) is 25.1 Å². The largest absolute Gasteiger partial charge is 0.467 e. The summed E-state index contributed by atoms with van der Waals surface area (Å²) in [6, 6.07) is 4.21. The summed E-state index contributed by atoms with van der Waals surface area (Å²) >= 11 is 6.79. The van der Waals surface area contributed by atoms with Crippen molar-refractivity contribution < 1.29 is 22.4 Å². The van der Waals surface area contributed by atoms with E-state index in [9.17, 15) is 18.0 Å². The zero-order chi connectivity index (χ0) is 17.0. The predicted molar refractivity (Wildman–Crippen MR) is 80.1 cm³/mol. The van der Waals surface area contributed by atoms with Crippen LogP contribution in [0.1, 0.15) is 18.2 Å². The minimum atomic E-state index is -4.51. The highest BCUT2D eigenvalue weighted by molar-refractivity contribution is 8.00. The van der Waals surface area contributed by atoms with Gasteiger partial charge in [0.2, 0.25) is 5.91 Å². The van der Waals surface area contributed by atoms with E-state index in [1.807, 2.05) is 0 Å². The van der Waals surface area contributed by atoms with Crippen LogP contribution < -0.4 is 5.32 Å². The minimum Gasteiger partial charge on any atom is -0.467 e. The third-order valence-corrected chi connectivity index (χ3v) is 4.33. The number of aromatic nitrogens is 1. The molecule has 0 aliphatic rings. The first-order chi connectivity index (χ1) is 10.8. The number of pyridine rings is 1. The zero-order valence-corrected chi connectivity index (χ0v) is 13.4. The highest BCUT2D eigenvalue weighted by Crippen LogP contribution is 2.34. The first kappa shape index (κ1) is 17.7. The van der Waals surface area contributed by atoms with Crippen molar-refractivity contribution in [1.29, 1.82) is 0 Å². The fourth-order valence-electron chi connectivity index (χ4n) is 1.62. The topological polar surface area (TPSA) is 55.1 Å². The Labute approximate surface area is 139 Å². The second-order valence-electron chi connectivity index (χ2n) is 4.57. The lowest BCUT2D eigenvalue weighted by Gasteiger charge is -2.13. The Morgan fingerprint density at radius 2 is 2.26 bits per heavy atom. The van der Waals surface area contributed by atoms with E-state index in [4.69, 9.17) is 16.0 Å². The number of carbonyl (C=O) groups is 1. The van der Waals surface area contributed by atoms with Crippen LogP contribution in [0.5, 0.6) is 0 Å². The fourth-order valence-corrected chi connectivity index (χ4v) is 2.73. The van der Waals surface area contributed by atoms with Crippen molar-refractivity contribution in [2.24, 2.45) is 0 Å². The first-order valence-corrected chi connectivity index (χ1v) is 7.72. The molecule has 124 valence electrons. The van der Waals surface area contributed by atoms with Crippen LogP contribution in [0.25, 0.3) is 0 Å². The molecule has 9 heteroatoms. The zero-order valence-electron chi connectivity index (χ0n) is 11.9. The number of nitrogens with one attached hydrogen (secondary N) is 1. The van der Waals surface area contributed by atoms with Gasteiger partial charge in [0.1, 0.15) is 10.8 Å². The van der Waals surface area contributed by atoms with Crippen molar-refractivity contribution in [2.75, 3.05) is 0 Å². The van der Waals surface area contributed by atoms with Crippen molar-refractivity contribution in [3.8, 4) is 0 Å². The number of nitrogens with zero attached hydrogens (tertiary/aromatic N) is 1. The molecule has 2 rings (SSSR count). The van der Waals surface area contributed by atoms with Crippen LogP contribution in [0.15, 0.2) is 40.1 Å². The quantitative estimate of drug-likeness (QED) is 0.810. The molecular formula is C14H12ClF3N2O2S. The van der Waals surface area contributed by atoms with Crippen molar-refractivity contribution in [2.45, 2.75) is 29.9 Å². The summed E-state index contributed by atoms with van der Waals surface area (Å²) in [5, 5.41) is 2.10. The van der Waals surface area contributed by atoms with E-state index in [-0.39, 0.29) is 22.5 Å². The maximum Gasteiger partial charge on any atom is 0.417 e. The summed E-state index contributed by atoms with van der Waals surface area (Å²) in [6.45, 7) is 1.84. The minimum absolute atomic E-state index is 0.143. The molecule has 1 atom stereocenters. The summed E-state index contributed by atoms with van der Waals surface area (Å²) < 4.78 is 42.7. The van der Waals surface area contributed by atoms with Gasteiger partial charge in [0.25, 0.3) is 0 Å². The van der Waals surface area contributed by atoms with Crippen LogP contribution in [0.4, 0.5) is 13.2 Å². The molecule has 2 aromatic rings. The molecule has 2 heterocycles. The lowest BCUT2D eigenvalue weighted by molar-refractivity contribution is -0.137. The van der Waals surface area contributed by atoms with E-state index in [1.165, 1.54) is 6.26 Å². The van der Waals surface area contributed by atoms with Crippen LogP contribution >= 0.6 is 23.4 Å². The van der Waals surface area contributed by atoms with Crippen molar-refractivity contribution in [3.63, 3.8) is 0 Å². The molecule has 0 bridgehead atoms. The Hall–Kier alpha value is -1.67. The summed E-state index contributed by atoms with van der Waals surface area (Å²) in [7, 11) is 0. The Morgan fingerprint density at radius 3 is 2.83 bits per heavy atom. The van der Waals surface area contributed by atoms with E-state index in [1.54, 1.807) is 19.1 Å². The number of carbonyl (C=O) groups excluding carboxylic acids is 1. The van der Waals surface area contributed by atoms with E-state index in [0.29, 0.717) is 12.0 Å². The number of amides is 1. The third-order valence-electron chi connectivity index (χ3n) is 2.81. The molecule has 0 saturated heterocycles. The van der Waals surface area contributed by atoms with E-state index >= 15 is 0 Å². The maximum atomic E-state index is 12.5. The number of rotatable bonds is 5. The molecule has 23 heavy (non-hydrogen) atoms. The molecule has 2 aromatic heterocycles. The highest BCUT2D eigenvalue weighted by atomic mass is 35.5. The second-order valence-corrected chi connectivity index (χ2v) is 6.30. The summed E-state index contributed by atoms with van der Waals surface area (Å²) in [6.07, 6.45) is -2.32. The standard InChI is InChI=1S/C14H12ClF3N2O2S/c1-8(12(21)19-7-10-3-2-4-22-10)23-13-11(15)5-9(6-20-13)14(16,17)18/h2-6,8H,7H2,1H3,(H,19,21). The molecule has 0 aliphatic heterocycles. The van der Waals surface area contributed by atoms with E-state index in [2.05, 4.69) is 10.3 Å².